The Bertz CT molecular complexity index is 842. The second-order valence-electron chi connectivity index (χ2n) is 8.31. The van der Waals surface area contributed by atoms with E-state index in [-0.39, 0.29) is 41.9 Å². The number of Topliss-reactive ketones (excluding diaryl/α,β-unsaturated/α-hetero) is 1. The van der Waals surface area contributed by atoms with Crippen LogP contribution in [0, 0.1) is 5.41 Å². The summed E-state index contributed by atoms with van der Waals surface area (Å²) >= 11 is 0. The smallest absolute Gasteiger partial charge is 0.406 e. The van der Waals surface area contributed by atoms with Crippen LogP contribution in [0.4, 0.5) is 13.2 Å². The van der Waals surface area contributed by atoms with Crippen molar-refractivity contribution in [2.45, 2.75) is 62.8 Å². The van der Waals surface area contributed by atoms with Crippen LogP contribution in [0.15, 0.2) is 29.2 Å². The molecular weight excluding hydrogens is 423 g/mol. The van der Waals surface area contributed by atoms with Gasteiger partial charge in [-0.3, -0.25) is 4.79 Å². The number of nitrogens with zero attached hydrogens (tertiary/aromatic N) is 1. The molecule has 1 aliphatic heterocycles. The van der Waals surface area contributed by atoms with Gasteiger partial charge in [0, 0.05) is 19.5 Å². The highest BCUT2D eigenvalue weighted by Crippen LogP contribution is 2.43. The molecule has 2 fully saturated rings. The molecule has 0 spiro atoms. The number of ketones is 1. The number of carbonyl (C=O) groups is 1. The maximum Gasteiger partial charge on any atom is 0.573 e. The summed E-state index contributed by atoms with van der Waals surface area (Å²) in [6.45, 7) is 2.60. The number of hydrogen-bond acceptors (Lipinski definition) is 5. The van der Waals surface area contributed by atoms with Crippen molar-refractivity contribution in [2.75, 3.05) is 19.7 Å². The van der Waals surface area contributed by atoms with Gasteiger partial charge >= 0.3 is 6.36 Å². The predicted molar refractivity (Wildman–Crippen MR) is 102 cm³/mol. The van der Waals surface area contributed by atoms with Crippen LogP contribution >= 0.6 is 0 Å². The topological polar surface area (TPSA) is 72.9 Å². The number of hydrogen-bond donors (Lipinski definition) is 0. The summed E-state index contributed by atoms with van der Waals surface area (Å²) in [6, 6.07) is 4.15. The maximum atomic E-state index is 12.7. The molecule has 1 saturated heterocycles. The number of alkyl halides is 3. The van der Waals surface area contributed by atoms with Crippen LogP contribution in [-0.2, 0) is 19.6 Å². The van der Waals surface area contributed by atoms with Gasteiger partial charge < -0.3 is 9.47 Å². The highest BCUT2D eigenvalue weighted by molar-refractivity contribution is 7.89. The van der Waals surface area contributed by atoms with Crippen LogP contribution in [0.25, 0.3) is 0 Å². The lowest BCUT2D eigenvalue weighted by molar-refractivity contribution is -0.274. The summed E-state index contributed by atoms with van der Waals surface area (Å²) in [7, 11) is -3.82. The van der Waals surface area contributed by atoms with Gasteiger partial charge in [-0.1, -0.05) is 13.3 Å². The zero-order valence-electron chi connectivity index (χ0n) is 16.8. The van der Waals surface area contributed by atoms with Gasteiger partial charge in [-0.2, -0.15) is 4.31 Å². The number of carbonyl (C=O) groups excluding carboxylic acids is 1. The van der Waals surface area contributed by atoms with Gasteiger partial charge in [0.25, 0.3) is 0 Å². The summed E-state index contributed by atoms with van der Waals surface area (Å²) < 4.78 is 72.9. The minimum absolute atomic E-state index is 0.0493. The average molecular weight is 449 g/mol. The Labute approximate surface area is 174 Å². The van der Waals surface area contributed by atoms with E-state index in [1.807, 2.05) is 0 Å². The van der Waals surface area contributed by atoms with Gasteiger partial charge in [0.05, 0.1) is 11.0 Å². The number of halogens is 3. The van der Waals surface area contributed by atoms with E-state index in [4.69, 9.17) is 4.74 Å². The number of piperidine rings is 1. The molecule has 30 heavy (non-hydrogen) atoms. The highest BCUT2D eigenvalue weighted by atomic mass is 32.2. The molecule has 10 heteroatoms. The minimum atomic E-state index is -4.83. The molecule has 3 rings (SSSR count). The van der Waals surface area contributed by atoms with Crippen LogP contribution in [-0.4, -0.2) is 50.7 Å². The molecule has 0 bridgehead atoms. The van der Waals surface area contributed by atoms with E-state index in [0.29, 0.717) is 19.3 Å². The first-order chi connectivity index (χ1) is 14.0. The number of benzene rings is 1. The van der Waals surface area contributed by atoms with Crippen molar-refractivity contribution in [3.8, 4) is 5.75 Å². The zero-order chi connectivity index (χ0) is 22.0. The van der Waals surface area contributed by atoms with E-state index in [1.54, 1.807) is 0 Å². The third-order valence-electron chi connectivity index (χ3n) is 5.76. The fraction of sp³-hybridized carbons (Fsp3) is 0.650. The van der Waals surface area contributed by atoms with Crippen molar-refractivity contribution >= 4 is 15.8 Å². The first kappa shape index (κ1) is 23.0. The molecule has 0 atom stereocenters. The van der Waals surface area contributed by atoms with Crippen LogP contribution in [0.5, 0.6) is 5.75 Å². The monoisotopic (exact) mass is 449 g/mol. The molecule has 168 valence electrons. The summed E-state index contributed by atoms with van der Waals surface area (Å²) in [5.74, 6) is -0.401. The van der Waals surface area contributed by atoms with Gasteiger partial charge in [-0.15, -0.1) is 13.2 Å². The lowest BCUT2D eigenvalue weighted by atomic mass is 9.67. The standard InChI is InChI=1S/C20H26F3NO5S/c1-19(9-2-10-19)13-15(25)14-28-16-7-11-24(12-8-16)30(26,27)18-5-3-17(4-6-18)29-20(21,22)23/h3-6,16H,2,7-14H2,1H3. The number of sulfonamides is 1. The molecule has 1 heterocycles. The Morgan fingerprint density at radius 3 is 2.27 bits per heavy atom. The van der Waals surface area contributed by atoms with Gasteiger partial charge in [0.2, 0.25) is 10.0 Å². The first-order valence-electron chi connectivity index (χ1n) is 9.96. The number of ether oxygens (including phenoxy) is 2. The Morgan fingerprint density at radius 2 is 1.77 bits per heavy atom. The molecule has 0 radical (unpaired) electrons. The van der Waals surface area contributed by atoms with Crippen molar-refractivity contribution in [1.82, 2.24) is 4.31 Å². The second-order valence-corrected chi connectivity index (χ2v) is 10.3. The van der Waals surface area contributed by atoms with Gasteiger partial charge in [-0.25, -0.2) is 8.42 Å². The van der Waals surface area contributed by atoms with Gasteiger partial charge in [0.1, 0.15) is 12.4 Å². The SMILES string of the molecule is CC1(CC(=O)COC2CCN(S(=O)(=O)c3ccc(OC(F)(F)F)cc3)CC2)CCC1. The van der Waals surface area contributed by atoms with Crippen molar-refractivity contribution < 1.29 is 35.9 Å². The van der Waals surface area contributed by atoms with E-state index in [0.717, 1.165) is 43.5 Å². The second kappa shape index (κ2) is 8.84. The lowest BCUT2D eigenvalue weighted by Crippen LogP contribution is -2.41. The largest absolute Gasteiger partial charge is 0.573 e. The van der Waals surface area contributed by atoms with Crippen LogP contribution in [0.3, 0.4) is 0 Å². The summed E-state index contributed by atoms with van der Waals surface area (Å²) in [5.41, 5.74) is 0.110. The van der Waals surface area contributed by atoms with Crippen LogP contribution in [0.1, 0.15) is 45.4 Å². The molecule has 0 aromatic heterocycles. The third kappa shape index (κ3) is 5.95. The van der Waals surface area contributed by atoms with Crippen LogP contribution < -0.4 is 4.74 Å². The molecule has 1 aromatic carbocycles. The molecule has 1 aromatic rings. The fourth-order valence-corrected chi connectivity index (χ4v) is 5.37. The Balaban J connectivity index is 1.48. The van der Waals surface area contributed by atoms with Crippen molar-refractivity contribution in [3.05, 3.63) is 24.3 Å². The summed E-state index contributed by atoms with van der Waals surface area (Å²) in [4.78, 5) is 12.0. The quantitative estimate of drug-likeness (QED) is 0.602. The average Bonchev–Trinajstić information content (AvgIpc) is 2.64. The van der Waals surface area contributed by atoms with Crippen molar-refractivity contribution in [3.63, 3.8) is 0 Å². The molecule has 6 nitrogen and oxygen atoms in total. The molecule has 1 aliphatic carbocycles. The Kier molecular flexibility index (Phi) is 6.78. The first-order valence-corrected chi connectivity index (χ1v) is 11.4. The number of rotatable bonds is 8. The third-order valence-corrected chi connectivity index (χ3v) is 7.67. The van der Waals surface area contributed by atoms with E-state index in [9.17, 15) is 26.4 Å². The normalized spacial score (nSPS) is 20.5. The molecule has 2 aliphatic rings. The zero-order valence-corrected chi connectivity index (χ0v) is 17.6. The van der Waals surface area contributed by atoms with Crippen molar-refractivity contribution in [1.29, 1.82) is 0 Å². The van der Waals surface area contributed by atoms with E-state index in [2.05, 4.69) is 11.7 Å². The predicted octanol–water partition coefficient (Wildman–Crippen LogP) is 3.90. The highest BCUT2D eigenvalue weighted by Gasteiger charge is 2.35. The van der Waals surface area contributed by atoms with Gasteiger partial charge in [0.15, 0.2) is 5.78 Å². The molecule has 0 amide bonds. The lowest BCUT2D eigenvalue weighted by Gasteiger charge is -2.38. The Morgan fingerprint density at radius 1 is 1.17 bits per heavy atom. The molecule has 0 N–H and O–H groups in total. The Hall–Kier alpha value is -1.65. The van der Waals surface area contributed by atoms with Crippen LogP contribution in [0.2, 0.25) is 0 Å². The minimum Gasteiger partial charge on any atom is -0.406 e. The summed E-state index contributed by atoms with van der Waals surface area (Å²) in [5, 5.41) is 0. The van der Waals surface area contributed by atoms with E-state index < -0.39 is 22.1 Å². The van der Waals surface area contributed by atoms with Gasteiger partial charge in [-0.05, 0) is 55.4 Å². The maximum absolute atomic E-state index is 12.7. The molecule has 1 saturated carbocycles. The van der Waals surface area contributed by atoms with E-state index in [1.165, 1.54) is 4.31 Å². The fourth-order valence-electron chi connectivity index (χ4n) is 3.90. The van der Waals surface area contributed by atoms with Crippen molar-refractivity contribution in [2.24, 2.45) is 5.41 Å². The molecule has 0 unspecified atom stereocenters. The summed E-state index contributed by atoms with van der Waals surface area (Å²) in [6.07, 6.45) is -0.283. The van der Waals surface area contributed by atoms with E-state index >= 15 is 0 Å². The molecular formula is C20H26F3NO5S.